The number of rotatable bonds is 6. The topological polar surface area (TPSA) is 95.2 Å². The lowest BCUT2D eigenvalue weighted by molar-refractivity contribution is -0.120. The maximum Gasteiger partial charge on any atom is 0.243 e. The Morgan fingerprint density at radius 2 is 1.74 bits per heavy atom. The van der Waals surface area contributed by atoms with Crippen molar-refractivity contribution in [1.29, 1.82) is 0 Å². The maximum atomic E-state index is 13.3. The van der Waals surface area contributed by atoms with Gasteiger partial charge in [0.25, 0.3) is 0 Å². The Morgan fingerprint density at radius 3 is 2.43 bits per heavy atom. The van der Waals surface area contributed by atoms with Crippen LogP contribution < -0.4 is 5.32 Å². The van der Waals surface area contributed by atoms with Crippen LogP contribution in [-0.2, 0) is 21.2 Å². The van der Waals surface area contributed by atoms with Gasteiger partial charge in [0.15, 0.2) is 0 Å². The van der Waals surface area contributed by atoms with Crippen molar-refractivity contribution in [2.75, 3.05) is 18.4 Å². The Balaban J connectivity index is 1.26. The van der Waals surface area contributed by atoms with Gasteiger partial charge in [0.2, 0.25) is 15.9 Å². The fourth-order valence-corrected chi connectivity index (χ4v) is 5.95. The molecule has 0 unspecified atom stereocenters. The number of nitrogens with zero attached hydrogens (tertiary/aromatic N) is 2. The molecule has 0 aliphatic carbocycles. The minimum Gasteiger partial charge on any atom is -0.338 e. The molecule has 7 nitrogen and oxygen atoms in total. The number of carbonyl (C=O) groups is 1. The molecule has 1 aliphatic heterocycles. The van der Waals surface area contributed by atoms with Gasteiger partial charge in [-0.05, 0) is 55.2 Å². The lowest BCUT2D eigenvalue weighted by atomic mass is 9.97. The van der Waals surface area contributed by atoms with Gasteiger partial charge in [-0.3, -0.25) is 4.79 Å². The molecule has 1 amide bonds. The maximum absolute atomic E-state index is 13.3. The monoisotopic (exact) mass is 488 g/mol. The summed E-state index contributed by atoms with van der Waals surface area (Å²) < 4.78 is 28.1. The van der Waals surface area contributed by atoms with Crippen LogP contribution in [0.3, 0.4) is 0 Å². The Bertz CT molecular complexity index is 1440. The Kier molecular flexibility index (Phi) is 6.40. The van der Waals surface area contributed by atoms with Crippen LogP contribution in [0.15, 0.2) is 77.7 Å². The zero-order valence-corrected chi connectivity index (χ0v) is 20.4. The first-order chi connectivity index (χ1) is 16.9. The van der Waals surface area contributed by atoms with Crippen LogP contribution in [0.4, 0.5) is 5.69 Å². The standard InChI is InChI=1S/C27H28N4O3S/c1-2-19-8-10-22(11-9-19)28-27(32)21-14-16-31(17-15-21)35(33,34)23-12-13-24-25(18-23)30-26(29-24)20-6-4-3-5-7-20/h3-13,18,21H,2,14-17H2,1H3,(H,28,32)(H,29,30). The minimum absolute atomic E-state index is 0.0568. The zero-order chi connectivity index (χ0) is 24.4. The molecule has 0 atom stereocenters. The van der Waals surface area contributed by atoms with Gasteiger partial charge >= 0.3 is 0 Å². The van der Waals surface area contributed by atoms with Gasteiger partial charge in [-0.2, -0.15) is 4.31 Å². The molecule has 0 radical (unpaired) electrons. The number of anilines is 1. The first-order valence-electron chi connectivity index (χ1n) is 11.9. The number of sulfonamides is 1. The van der Waals surface area contributed by atoms with E-state index in [4.69, 9.17) is 0 Å². The summed E-state index contributed by atoms with van der Waals surface area (Å²) in [7, 11) is -3.67. The SMILES string of the molecule is CCc1ccc(NC(=O)C2CCN(S(=O)(=O)c3ccc4nc(-c5ccccc5)[nH]c4c3)CC2)cc1. The van der Waals surface area contributed by atoms with Crippen molar-refractivity contribution in [3.8, 4) is 11.4 Å². The third-order valence-electron chi connectivity index (χ3n) is 6.59. The predicted molar refractivity (Wildman–Crippen MR) is 137 cm³/mol. The molecule has 1 aromatic heterocycles. The average molecular weight is 489 g/mol. The predicted octanol–water partition coefficient (Wildman–Crippen LogP) is 4.83. The summed E-state index contributed by atoms with van der Waals surface area (Å²) in [6.45, 7) is 2.71. The number of hydrogen-bond acceptors (Lipinski definition) is 4. The number of hydrogen-bond donors (Lipinski definition) is 2. The second-order valence-electron chi connectivity index (χ2n) is 8.85. The minimum atomic E-state index is -3.67. The van der Waals surface area contributed by atoms with E-state index >= 15 is 0 Å². The van der Waals surface area contributed by atoms with Gasteiger partial charge in [0, 0.05) is 30.3 Å². The van der Waals surface area contributed by atoms with Gasteiger partial charge in [-0.1, -0.05) is 49.4 Å². The van der Waals surface area contributed by atoms with Crippen LogP contribution in [0.5, 0.6) is 0 Å². The molecule has 0 spiro atoms. The number of aromatic amines is 1. The molecule has 0 saturated carbocycles. The molecule has 2 N–H and O–H groups in total. The Labute approximate surface area is 205 Å². The van der Waals surface area contributed by atoms with E-state index < -0.39 is 10.0 Å². The van der Waals surface area contributed by atoms with Crippen molar-refractivity contribution in [3.05, 3.63) is 78.4 Å². The van der Waals surface area contributed by atoms with E-state index in [0.29, 0.717) is 42.8 Å². The summed E-state index contributed by atoms with van der Waals surface area (Å²) in [6, 6.07) is 22.5. The Morgan fingerprint density at radius 1 is 1.03 bits per heavy atom. The van der Waals surface area contributed by atoms with E-state index in [1.807, 2.05) is 54.6 Å². The molecule has 180 valence electrons. The quantitative estimate of drug-likeness (QED) is 0.406. The fourth-order valence-electron chi connectivity index (χ4n) is 4.46. The summed E-state index contributed by atoms with van der Waals surface area (Å²) in [5.74, 6) is 0.431. The van der Waals surface area contributed by atoms with E-state index in [9.17, 15) is 13.2 Å². The van der Waals surface area contributed by atoms with Gasteiger partial charge in [-0.15, -0.1) is 0 Å². The van der Waals surface area contributed by atoms with Crippen molar-refractivity contribution in [1.82, 2.24) is 14.3 Å². The van der Waals surface area contributed by atoms with Gasteiger partial charge in [0.1, 0.15) is 5.82 Å². The molecule has 1 fully saturated rings. The van der Waals surface area contributed by atoms with Crippen LogP contribution >= 0.6 is 0 Å². The normalized spacial score (nSPS) is 15.3. The number of nitrogens with one attached hydrogen (secondary N) is 2. The van der Waals surface area contributed by atoms with Crippen molar-refractivity contribution in [2.45, 2.75) is 31.1 Å². The van der Waals surface area contributed by atoms with E-state index in [1.54, 1.807) is 18.2 Å². The van der Waals surface area contributed by atoms with Crippen molar-refractivity contribution in [2.24, 2.45) is 5.92 Å². The molecule has 8 heteroatoms. The number of piperidine rings is 1. The summed E-state index contributed by atoms with van der Waals surface area (Å²) in [6.07, 6.45) is 1.92. The highest BCUT2D eigenvalue weighted by molar-refractivity contribution is 7.89. The van der Waals surface area contributed by atoms with Gasteiger partial charge < -0.3 is 10.3 Å². The molecule has 35 heavy (non-hydrogen) atoms. The third kappa shape index (κ3) is 4.85. The summed E-state index contributed by atoms with van der Waals surface area (Å²) in [5.41, 5.74) is 4.31. The number of fused-ring (bicyclic) bond motifs is 1. The number of imidazole rings is 1. The summed E-state index contributed by atoms with van der Waals surface area (Å²) in [5, 5.41) is 2.97. The molecule has 2 heterocycles. The number of carbonyl (C=O) groups excluding carboxylic acids is 1. The van der Waals surface area contributed by atoms with Crippen LogP contribution in [-0.4, -0.2) is 41.7 Å². The van der Waals surface area contributed by atoms with Gasteiger partial charge in [0.05, 0.1) is 15.9 Å². The molecule has 1 saturated heterocycles. The van der Waals surface area contributed by atoms with Crippen molar-refractivity contribution in [3.63, 3.8) is 0 Å². The van der Waals surface area contributed by atoms with Crippen LogP contribution in [0, 0.1) is 5.92 Å². The van der Waals surface area contributed by atoms with E-state index in [0.717, 1.165) is 17.7 Å². The number of benzene rings is 3. The average Bonchev–Trinajstić information content (AvgIpc) is 3.33. The first-order valence-corrected chi connectivity index (χ1v) is 13.3. The van der Waals surface area contributed by atoms with Gasteiger partial charge in [-0.25, -0.2) is 13.4 Å². The second-order valence-corrected chi connectivity index (χ2v) is 10.8. The molecule has 0 bridgehead atoms. The van der Waals surface area contributed by atoms with Crippen LogP contribution in [0.1, 0.15) is 25.3 Å². The smallest absolute Gasteiger partial charge is 0.243 e. The lowest BCUT2D eigenvalue weighted by Crippen LogP contribution is -2.41. The zero-order valence-electron chi connectivity index (χ0n) is 19.6. The number of aryl methyl sites for hydroxylation is 1. The number of aromatic nitrogens is 2. The molecule has 1 aliphatic rings. The van der Waals surface area contributed by atoms with E-state index in [1.165, 1.54) is 9.87 Å². The molecular formula is C27H28N4O3S. The number of amides is 1. The molecule has 4 aromatic rings. The largest absolute Gasteiger partial charge is 0.338 e. The summed E-state index contributed by atoms with van der Waals surface area (Å²) in [4.78, 5) is 20.8. The highest BCUT2D eigenvalue weighted by Gasteiger charge is 2.32. The second kappa shape index (κ2) is 9.64. The molecule has 5 rings (SSSR count). The van der Waals surface area contributed by atoms with Crippen molar-refractivity contribution >= 4 is 32.7 Å². The summed E-state index contributed by atoms with van der Waals surface area (Å²) >= 11 is 0. The van der Waals surface area contributed by atoms with Crippen molar-refractivity contribution < 1.29 is 13.2 Å². The lowest BCUT2D eigenvalue weighted by Gasteiger charge is -2.30. The van der Waals surface area contributed by atoms with Crippen LogP contribution in [0.25, 0.3) is 22.4 Å². The molecule has 3 aromatic carbocycles. The fraction of sp³-hybridized carbons (Fsp3) is 0.259. The third-order valence-corrected chi connectivity index (χ3v) is 8.49. The van der Waals surface area contributed by atoms with E-state index in [2.05, 4.69) is 22.2 Å². The van der Waals surface area contributed by atoms with E-state index in [-0.39, 0.29) is 16.7 Å². The number of H-pyrrole nitrogens is 1. The van der Waals surface area contributed by atoms with Crippen LogP contribution in [0.2, 0.25) is 0 Å². The Hall–Kier alpha value is -3.49. The molecular weight excluding hydrogens is 460 g/mol. The first kappa shape index (κ1) is 23.3. The highest BCUT2D eigenvalue weighted by Crippen LogP contribution is 2.28. The highest BCUT2D eigenvalue weighted by atomic mass is 32.2.